The van der Waals surface area contributed by atoms with Crippen molar-refractivity contribution in [3.8, 4) is 0 Å². The lowest BCUT2D eigenvalue weighted by atomic mass is 10.0. The lowest BCUT2D eigenvalue weighted by molar-refractivity contribution is -0.167. The molecule has 0 aliphatic carbocycles. The van der Waals surface area contributed by atoms with Gasteiger partial charge in [0.25, 0.3) is 0 Å². The Labute approximate surface area is 131 Å². The van der Waals surface area contributed by atoms with Gasteiger partial charge in [0, 0.05) is 18.5 Å². The van der Waals surface area contributed by atoms with E-state index in [1.807, 2.05) is 52.0 Å². The molecular formula is C17H25NO4. The van der Waals surface area contributed by atoms with Crippen molar-refractivity contribution in [3.63, 3.8) is 0 Å². The van der Waals surface area contributed by atoms with Crippen LogP contribution in [-0.2, 0) is 26.5 Å². The van der Waals surface area contributed by atoms with E-state index in [1.165, 1.54) is 0 Å². The number of hydrogen-bond acceptors (Lipinski definition) is 4. The molecule has 22 heavy (non-hydrogen) atoms. The van der Waals surface area contributed by atoms with Gasteiger partial charge >= 0.3 is 6.09 Å². The normalized spacial score (nSPS) is 17.3. The number of amides is 1. The molecule has 1 aliphatic heterocycles. The molecule has 5 heteroatoms. The van der Waals surface area contributed by atoms with Crippen LogP contribution in [0.25, 0.3) is 0 Å². The number of rotatable bonds is 4. The summed E-state index contributed by atoms with van der Waals surface area (Å²) in [6.07, 6.45) is 0.326. The average Bonchev–Trinajstić information content (AvgIpc) is 2.94. The quantitative estimate of drug-likeness (QED) is 0.927. The van der Waals surface area contributed by atoms with Crippen LogP contribution in [-0.4, -0.2) is 24.9 Å². The molecule has 0 unspecified atom stereocenters. The minimum atomic E-state index is -0.651. The molecule has 122 valence electrons. The maximum absolute atomic E-state index is 11.7. The highest BCUT2D eigenvalue weighted by molar-refractivity contribution is 5.67. The van der Waals surface area contributed by atoms with Crippen LogP contribution in [0, 0.1) is 0 Å². The molecule has 5 nitrogen and oxygen atoms in total. The zero-order chi connectivity index (χ0) is 16.2. The van der Waals surface area contributed by atoms with Crippen molar-refractivity contribution in [3.05, 3.63) is 35.4 Å². The van der Waals surface area contributed by atoms with Gasteiger partial charge in [0.15, 0.2) is 5.79 Å². The predicted octanol–water partition coefficient (Wildman–Crippen LogP) is 3.32. The van der Waals surface area contributed by atoms with Gasteiger partial charge in [-0.25, -0.2) is 4.79 Å². The second kappa shape index (κ2) is 6.67. The average molecular weight is 307 g/mol. The summed E-state index contributed by atoms with van der Waals surface area (Å²) < 4.78 is 16.8. The molecule has 2 rings (SSSR count). The van der Waals surface area contributed by atoms with E-state index >= 15 is 0 Å². The molecule has 1 N–H and O–H groups in total. The van der Waals surface area contributed by atoms with Crippen LogP contribution in [0.2, 0.25) is 0 Å². The van der Waals surface area contributed by atoms with E-state index in [0.29, 0.717) is 19.8 Å². The Bertz CT molecular complexity index is 516. The summed E-state index contributed by atoms with van der Waals surface area (Å²) in [5.41, 5.74) is 1.47. The standard InChI is InChI=1S/C17H25NO4/c1-5-17(20-9-10-21-17)14-8-6-7-13(11-14)12-18-15(19)22-16(2,3)4/h6-8,11H,5,9-10,12H2,1-4H3,(H,18,19). The molecule has 0 atom stereocenters. The van der Waals surface area contributed by atoms with Gasteiger partial charge in [0.2, 0.25) is 0 Å². The summed E-state index contributed by atoms with van der Waals surface area (Å²) in [5, 5.41) is 2.76. The SMILES string of the molecule is CCC1(c2cccc(CNC(=O)OC(C)(C)C)c2)OCCO1. The smallest absolute Gasteiger partial charge is 0.407 e. The Morgan fingerprint density at radius 3 is 2.59 bits per heavy atom. The van der Waals surface area contributed by atoms with Gasteiger partial charge in [-0.3, -0.25) is 0 Å². The fourth-order valence-electron chi connectivity index (χ4n) is 2.44. The van der Waals surface area contributed by atoms with E-state index in [-0.39, 0.29) is 0 Å². The molecule has 1 heterocycles. The lowest BCUT2D eigenvalue weighted by Crippen LogP contribution is -2.32. The minimum Gasteiger partial charge on any atom is -0.444 e. The van der Waals surface area contributed by atoms with E-state index in [4.69, 9.17) is 14.2 Å². The van der Waals surface area contributed by atoms with Gasteiger partial charge in [0.1, 0.15) is 5.60 Å². The van der Waals surface area contributed by atoms with Crippen molar-refractivity contribution < 1.29 is 19.0 Å². The molecule has 0 bridgehead atoms. The molecule has 0 saturated carbocycles. The Hall–Kier alpha value is -1.59. The first kappa shape index (κ1) is 16.8. The summed E-state index contributed by atoms with van der Waals surface area (Å²) in [5.74, 6) is -0.651. The van der Waals surface area contributed by atoms with E-state index in [2.05, 4.69) is 5.32 Å². The maximum Gasteiger partial charge on any atom is 0.407 e. The third-order valence-corrected chi connectivity index (χ3v) is 3.42. The molecular weight excluding hydrogens is 282 g/mol. The van der Waals surface area contributed by atoms with Crippen molar-refractivity contribution in [1.29, 1.82) is 0 Å². The zero-order valence-electron chi connectivity index (χ0n) is 13.8. The molecule has 1 saturated heterocycles. The van der Waals surface area contributed by atoms with E-state index in [1.54, 1.807) is 0 Å². The van der Waals surface area contributed by atoms with Crippen LogP contribution in [0.3, 0.4) is 0 Å². The number of alkyl carbamates (subject to hydrolysis) is 1. The van der Waals surface area contributed by atoms with Crippen LogP contribution in [0.1, 0.15) is 45.2 Å². The molecule has 1 aliphatic rings. The fraction of sp³-hybridized carbons (Fsp3) is 0.588. The summed E-state index contributed by atoms with van der Waals surface area (Å²) in [7, 11) is 0. The number of ether oxygens (including phenoxy) is 3. The second-order valence-corrected chi connectivity index (χ2v) is 6.36. The summed E-state index contributed by atoms with van der Waals surface area (Å²) >= 11 is 0. The van der Waals surface area contributed by atoms with E-state index in [0.717, 1.165) is 17.5 Å². The molecule has 1 amide bonds. The van der Waals surface area contributed by atoms with Gasteiger partial charge in [-0.05, 0) is 32.4 Å². The van der Waals surface area contributed by atoms with Crippen LogP contribution >= 0.6 is 0 Å². The number of nitrogens with one attached hydrogen (secondary N) is 1. The van der Waals surface area contributed by atoms with Crippen molar-refractivity contribution in [2.45, 2.75) is 52.0 Å². The molecule has 0 aromatic heterocycles. The van der Waals surface area contributed by atoms with Crippen LogP contribution in [0.15, 0.2) is 24.3 Å². The van der Waals surface area contributed by atoms with Gasteiger partial charge < -0.3 is 19.5 Å². The first-order valence-electron chi connectivity index (χ1n) is 7.69. The third kappa shape index (κ3) is 4.21. The topological polar surface area (TPSA) is 56.8 Å². The summed E-state index contributed by atoms with van der Waals surface area (Å²) in [6, 6.07) is 7.90. The number of carbonyl (C=O) groups excluding carboxylic acids is 1. The van der Waals surface area contributed by atoms with Crippen molar-refractivity contribution in [1.82, 2.24) is 5.32 Å². The zero-order valence-corrected chi connectivity index (χ0v) is 13.8. The monoisotopic (exact) mass is 307 g/mol. The molecule has 1 fully saturated rings. The van der Waals surface area contributed by atoms with Crippen LogP contribution in [0.5, 0.6) is 0 Å². The summed E-state index contributed by atoms with van der Waals surface area (Å²) in [4.78, 5) is 11.7. The van der Waals surface area contributed by atoms with Gasteiger partial charge in [-0.1, -0.05) is 25.1 Å². The Kier molecular flexibility index (Phi) is 5.08. The first-order chi connectivity index (χ1) is 10.3. The van der Waals surface area contributed by atoms with Crippen LogP contribution in [0.4, 0.5) is 4.79 Å². The Balaban J connectivity index is 2.01. The highest BCUT2D eigenvalue weighted by Crippen LogP contribution is 2.34. The van der Waals surface area contributed by atoms with E-state index < -0.39 is 17.5 Å². The molecule has 1 aromatic rings. The molecule has 0 spiro atoms. The lowest BCUT2D eigenvalue weighted by Gasteiger charge is -2.26. The largest absolute Gasteiger partial charge is 0.444 e. The highest BCUT2D eigenvalue weighted by Gasteiger charge is 2.36. The van der Waals surface area contributed by atoms with E-state index in [9.17, 15) is 4.79 Å². The predicted molar refractivity (Wildman–Crippen MR) is 83.4 cm³/mol. The second-order valence-electron chi connectivity index (χ2n) is 6.36. The van der Waals surface area contributed by atoms with Gasteiger partial charge in [0.05, 0.1) is 13.2 Å². The maximum atomic E-state index is 11.7. The number of hydrogen-bond donors (Lipinski definition) is 1. The van der Waals surface area contributed by atoms with Crippen molar-refractivity contribution in [2.24, 2.45) is 0 Å². The van der Waals surface area contributed by atoms with Gasteiger partial charge in [-0.15, -0.1) is 0 Å². The van der Waals surface area contributed by atoms with Crippen molar-refractivity contribution in [2.75, 3.05) is 13.2 Å². The third-order valence-electron chi connectivity index (χ3n) is 3.42. The number of carbonyl (C=O) groups is 1. The first-order valence-corrected chi connectivity index (χ1v) is 7.69. The van der Waals surface area contributed by atoms with Crippen molar-refractivity contribution >= 4 is 6.09 Å². The Morgan fingerprint density at radius 2 is 2.00 bits per heavy atom. The van der Waals surface area contributed by atoms with Gasteiger partial charge in [-0.2, -0.15) is 0 Å². The molecule has 0 radical (unpaired) electrons. The number of benzene rings is 1. The molecule has 1 aromatic carbocycles. The fourth-order valence-corrected chi connectivity index (χ4v) is 2.44. The minimum absolute atomic E-state index is 0.405. The van der Waals surface area contributed by atoms with Crippen LogP contribution < -0.4 is 5.32 Å². The Morgan fingerprint density at radius 1 is 1.32 bits per heavy atom. The summed E-state index contributed by atoms with van der Waals surface area (Å²) in [6.45, 7) is 9.18. The highest BCUT2D eigenvalue weighted by atomic mass is 16.7.